The molecule has 130 valence electrons. The van der Waals surface area contributed by atoms with Crippen molar-refractivity contribution in [2.45, 2.75) is 26.3 Å². The molecule has 0 spiro atoms. The van der Waals surface area contributed by atoms with Gasteiger partial charge >= 0.3 is 5.97 Å². The number of aliphatic carboxylic acids is 1. The number of benzene rings is 2. The molecule has 0 aromatic heterocycles. The Morgan fingerprint density at radius 1 is 1.08 bits per heavy atom. The van der Waals surface area contributed by atoms with Gasteiger partial charge in [0.1, 0.15) is 6.04 Å². The summed E-state index contributed by atoms with van der Waals surface area (Å²) in [5, 5.41) is 14.5. The molecule has 0 fully saturated rings. The second-order valence-corrected chi connectivity index (χ2v) is 5.82. The molecule has 0 aliphatic rings. The first-order valence-electron chi connectivity index (χ1n) is 7.82. The number of hydrogen-bond acceptors (Lipinski definition) is 3. The largest absolute Gasteiger partial charge is 0.480 e. The second kappa shape index (κ2) is 8.10. The number of rotatable bonds is 6. The first-order valence-corrected chi connectivity index (χ1v) is 7.82. The van der Waals surface area contributed by atoms with Crippen LogP contribution >= 0.6 is 0 Å². The highest BCUT2D eigenvalue weighted by atomic mass is 16.4. The number of carboxylic acid groups (broad SMARTS) is 1. The van der Waals surface area contributed by atoms with E-state index in [9.17, 15) is 19.5 Å². The molecule has 0 unspecified atom stereocenters. The molecule has 0 saturated heterocycles. The monoisotopic (exact) mass is 340 g/mol. The van der Waals surface area contributed by atoms with Crippen molar-refractivity contribution < 1.29 is 19.5 Å². The van der Waals surface area contributed by atoms with Crippen molar-refractivity contribution in [2.24, 2.45) is 0 Å². The van der Waals surface area contributed by atoms with Crippen molar-refractivity contribution in [1.29, 1.82) is 0 Å². The van der Waals surface area contributed by atoms with Crippen LogP contribution in [0.3, 0.4) is 0 Å². The summed E-state index contributed by atoms with van der Waals surface area (Å²) in [7, 11) is 0. The van der Waals surface area contributed by atoms with Crippen molar-refractivity contribution >= 4 is 23.5 Å². The van der Waals surface area contributed by atoms with Crippen molar-refractivity contribution in [3.05, 3.63) is 65.2 Å². The number of carbonyl (C=O) groups excluding carboxylic acids is 2. The Morgan fingerprint density at radius 3 is 2.36 bits per heavy atom. The quantitative estimate of drug-likeness (QED) is 0.752. The van der Waals surface area contributed by atoms with Crippen LogP contribution in [0.5, 0.6) is 0 Å². The molecule has 2 amide bonds. The van der Waals surface area contributed by atoms with Gasteiger partial charge in [-0.15, -0.1) is 0 Å². The van der Waals surface area contributed by atoms with E-state index in [0.29, 0.717) is 5.69 Å². The number of amides is 2. The van der Waals surface area contributed by atoms with Crippen LogP contribution < -0.4 is 10.6 Å². The van der Waals surface area contributed by atoms with E-state index in [-0.39, 0.29) is 17.9 Å². The second-order valence-electron chi connectivity index (χ2n) is 5.82. The van der Waals surface area contributed by atoms with Crippen LogP contribution in [0.1, 0.15) is 28.4 Å². The Balaban J connectivity index is 2.11. The van der Waals surface area contributed by atoms with Crippen LogP contribution in [0.15, 0.2) is 48.5 Å². The van der Waals surface area contributed by atoms with Gasteiger partial charge in [0.25, 0.3) is 5.91 Å². The molecule has 0 aliphatic heterocycles. The van der Waals surface area contributed by atoms with Gasteiger partial charge in [-0.3, -0.25) is 9.59 Å². The maximum absolute atomic E-state index is 12.4. The van der Waals surface area contributed by atoms with Gasteiger partial charge in [-0.1, -0.05) is 35.9 Å². The molecule has 0 radical (unpaired) electrons. The Bertz CT molecular complexity index is 784. The van der Waals surface area contributed by atoms with Crippen molar-refractivity contribution in [2.75, 3.05) is 5.32 Å². The van der Waals surface area contributed by atoms with Crippen molar-refractivity contribution in [3.8, 4) is 0 Å². The summed E-state index contributed by atoms with van der Waals surface area (Å²) >= 11 is 0. The Morgan fingerprint density at radius 2 is 1.76 bits per heavy atom. The van der Waals surface area contributed by atoms with E-state index in [1.807, 2.05) is 31.2 Å². The smallest absolute Gasteiger partial charge is 0.326 e. The zero-order chi connectivity index (χ0) is 18.4. The van der Waals surface area contributed by atoms with Crippen molar-refractivity contribution in [3.63, 3.8) is 0 Å². The Kier molecular flexibility index (Phi) is 5.89. The number of carboxylic acids is 1. The predicted molar refractivity (Wildman–Crippen MR) is 94.5 cm³/mol. The summed E-state index contributed by atoms with van der Waals surface area (Å²) in [6.45, 7) is 3.32. The predicted octanol–water partition coefficient (Wildman–Crippen LogP) is 2.38. The molecule has 3 N–H and O–H groups in total. The van der Waals surface area contributed by atoms with E-state index in [1.165, 1.54) is 13.0 Å². The lowest BCUT2D eigenvalue weighted by atomic mass is 10.0. The van der Waals surface area contributed by atoms with Crippen molar-refractivity contribution in [1.82, 2.24) is 5.32 Å². The topological polar surface area (TPSA) is 95.5 Å². The molecule has 0 saturated carbocycles. The highest BCUT2D eigenvalue weighted by molar-refractivity contribution is 5.98. The van der Waals surface area contributed by atoms with Crippen LogP contribution in [0, 0.1) is 6.92 Å². The molecule has 2 aromatic rings. The zero-order valence-electron chi connectivity index (χ0n) is 14.1. The lowest BCUT2D eigenvalue weighted by Gasteiger charge is -2.15. The molecule has 6 heteroatoms. The van der Waals surface area contributed by atoms with E-state index in [2.05, 4.69) is 10.6 Å². The van der Waals surface area contributed by atoms with Crippen LogP contribution in [0.25, 0.3) is 0 Å². The minimum atomic E-state index is -1.10. The summed E-state index contributed by atoms with van der Waals surface area (Å²) in [4.78, 5) is 34.9. The van der Waals surface area contributed by atoms with Gasteiger partial charge in [0.15, 0.2) is 0 Å². The highest BCUT2D eigenvalue weighted by Crippen LogP contribution is 2.12. The minimum Gasteiger partial charge on any atom is -0.480 e. The zero-order valence-corrected chi connectivity index (χ0v) is 14.1. The molecule has 2 aromatic carbocycles. The first-order chi connectivity index (χ1) is 11.8. The van der Waals surface area contributed by atoms with Gasteiger partial charge in [0, 0.05) is 24.6 Å². The molecule has 0 bridgehead atoms. The summed E-state index contributed by atoms with van der Waals surface area (Å²) in [6, 6.07) is 12.8. The van der Waals surface area contributed by atoms with E-state index in [4.69, 9.17) is 0 Å². The normalized spacial score (nSPS) is 11.4. The Labute approximate surface area is 145 Å². The fourth-order valence-corrected chi connectivity index (χ4v) is 2.34. The minimum absolute atomic E-state index is 0.187. The fourth-order valence-electron chi connectivity index (χ4n) is 2.34. The van der Waals surface area contributed by atoms with Gasteiger partial charge in [0.2, 0.25) is 5.91 Å². The van der Waals surface area contributed by atoms with E-state index in [1.54, 1.807) is 18.2 Å². The van der Waals surface area contributed by atoms with Crippen LogP contribution in [-0.2, 0) is 16.0 Å². The summed E-state index contributed by atoms with van der Waals surface area (Å²) < 4.78 is 0. The molecular weight excluding hydrogens is 320 g/mol. The molecule has 2 rings (SSSR count). The third-order valence-electron chi connectivity index (χ3n) is 3.61. The fraction of sp³-hybridized carbons (Fsp3) is 0.211. The van der Waals surface area contributed by atoms with E-state index < -0.39 is 17.9 Å². The SMILES string of the molecule is CC(=O)Nc1cccc(C(=O)N[C@@H](Cc2ccc(C)cc2)C(=O)O)c1. The number of aryl methyl sites for hydroxylation is 1. The molecule has 0 heterocycles. The van der Waals surface area contributed by atoms with Crippen LogP contribution in [-0.4, -0.2) is 28.9 Å². The third-order valence-corrected chi connectivity index (χ3v) is 3.61. The molecule has 0 aliphatic carbocycles. The standard InChI is InChI=1S/C19H20N2O4/c1-12-6-8-14(9-7-12)10-17(19(24)25)21-18(23)15-4-3-5-16(11-15)20-13(2)22/h3-9,11,17H,10H2,1-2H3,(H,20,22)(H,21,23)(H,24,25)/t17-/m0/s1. The lowest BCUT2D eigenvalue weighted by Crippen LogP contribution is -2.42. The van der Waals surface area contributed by atoms with Gasteiger partial charge < -0.3 is 15.7 Å². The third kappa shape index (κ3) is 5.46. The van der Waals surface area contributed by atoms with E-state index >= 15 is 0 Å². The van der Waals surface area contributed by atoms with Gasteiger partial charge in [-0.05, 0) is 30.7 Å². The number of nitrogens with one attached hydrogen (secondary N) is 2. The molecule has 25 heavy (non-hydrogen) atoms. The van der Waals surface area contributed by atoms with Crippen LogP contribution in [0.2, 0.25) is 0 Å². The maximum Gasteiger partial charge on any atom is 0.326 e. The molecule has 1 atom stereocenters. The molecular formula is C19H20N2O4. The summed E-state index contributed by atoms with van der Waals surface area (Å²) in [5.74, 6) is -1.86. The summed E-state index contributed by atoms with van der Waals surface area (Å²) in [6.07, 6.45) is 0.187. The van der Waals surface area contributed by atoms with Crippen LogP contribution in [0.4, 0.5) is 5.69 Å². The van der Waals surface area contributed by atoms with E-state index in [0.717, 1.165) is 11.1 Å². The molecule has 6 nitrogen and oxygen atoms in total. The average Bonchev–Trinajstić information content (AvgIpc) is 2.55. The van der Waals surface area contributed by atoms with Gasteiger partial charge in [-0.2, -0.15) is 0 Å². The van der Waals surface area contributed by atoms with Gasteiger partial charge in [-0.25, -0.2) is 4.79 Å². The highest BCUT2D eigenvalue weighted by Gasteiger charge is 2.21. The Hall–Kier alpha value is -3.15. The van der Waals surface area contributed by atoms with Gasteiger partial charge in [0.05, 0.1) is 0 Å². The maximum atomic E-state index is 12.4. The number of carbonyl (C=O) groups is 3. The number of hydrogen-bond donors (Lipinski definition) is 3. The summed E-state index contributed by atoms with van der Waals surface area (Å²) in [5.41, 5.74) is 2.66. The number of anilines is 1. The average molecular weight is 340 g/mol. The lowest BCUT2D eigenvalue weighted by molar-refractivity contribution is -0.139. The first kappa shape index (κ1) is 18.2.